The van der Waals surface area contributed by atoms with Crippen molar-refractivity contribution in [2.24, 2.45) is 0 Å². The van der Waals surface area contributed by atoms with Gasteiger partial charge >= 0.3 is 0 Å². The summed E-state index contributed by atoms with van der Waals surface area (Å²) in [6.07, 6.45) is 6.27. The molecule has 0 amide bonds. The van der Waals surface area contributed by atoms with Gasteiger partial charge < -0.3 is 9.80 Å². The number of hydrogen-bond donors (Lipinski definition) is 0. The molecule has 1 aromatic heterocycles. The van der Waals surface area contributed by atoms with E-state index in [-0.39, 0.29) is 0 Å². The van der Waals surface area contributed by atoms with Crippen LogP contribution in [0.4, 0.5) is 5.82 Å². The summed E-state index contributed by atoms with van der Waals surface area (Å²) in [6.45, 7) is 2.15. The van der Waals surface area contributed by atoms with Crippen LogP contribution < -0.4 is 4.90 Å². The molecule has 3 heteroatoms. The molecule has 3 nitrogen and oxygen atoms in total. The Hall–Kier alpha value is -1.51. The van der Waals surface area contributed by atoms with Gasteiger partial charge in [-0.15, -0.1) is 0 Å². The fourth-order valence-electron chi connectivity index (χ4n) is 1.40. The highest BCUT2D eigenvalue weighted by atomic mass is 15.4. The van der Waals surface area contributed by atoms with E-state index in [2.05, 4.69) is 35.0 Å². The van der Waals surface area contributed by atoms with E-state index in [1.165, 1.54) is 0 Å². The van der Waals surface area contributed by atoms with Gasteiger partial charge in [-0.3, -0.25) is 0 Å². The van der Waals surface area contributed by atoms with E-state index in [0.717, 1.165) is 5.82 Å². The van der Waals surface area contributed by atoms with Gasteiger partial charge in [0.1, 0.15) is 12.0 Å². The van der Waals surface area contributed by atoms with E-state index in [1.54, 1.807) is 0 Å². The first-order chi connectivity index (χ1) is 6.29. The Bertz CT molecular complexity index is 307. The molecule has 0 bridgehead atoms. The van der Waals surface area contributed by atoms with Gasteiger partial charge in [-0.1, -0.05) is 6.07 Å². The summed E-state index contributed by atoms with van der Waals surface area (Å²) in [6, 6.07) is 5.94. The van der Waals surface area contributed by atoms with Gasteiger partial charge in [0.2, 0.25) is 0 Å². The molecule has 0 aliphatic carbocycles. The summed E-state index contributed by atoms with van der Waals surface area (Å²) in [7, 11) is 2.06. The lowest BCUT2D eigenvalue weighted by Gasteiger charge is -2.25. The third-order valence-electron chi connectivity index (χ3n) is 2.37. The third kappa shape index (κ3) is 1.37. The highest BCUT2D eigenvalue weighted by Gasteiger charge is 2.20. The molecule has 2 rings (SSSR count). The van der Waals surface area contributed by atoms with E-state index in [4.69, 9.17) is 0 Å². The second-order valence-corrected chi connectivity index (χ2v) is 3.19. The predicted octanol–water partition coefficient (Wildman–Crippen LogP) is 1.65. The minimum Gasteiger partial charge on any atom is -0.359 e. The normalized spacial score (nSPS) is 21.2. The van der Waals surface area contributed by atoms with Crippen LogP contribution in [0.25, 0.3) is 0 Å². The van der Waals surface area contributed by atoms with Crippen molar-refractivity contribution in [1.82, 2.24) is 9.88 Å². The van der Waals surface area contributed by atoms with Gasteiger partial charge in [-0.25, -0.2) is 4.98 Å². The predicted molar refractivity (Wildman–Crippen MR) is 53.1 cm³/mol. The Morgan fingerprint density at radius 3 is 2.69 bits per heavy atom. The Morgan fingerprint density at radius 2 is 2.15 bits per heavy atom. The van der Waals surface area contributed by atoms with Crippen molar-refractivity contribution in [1.29, 1.82) is 0 Å². The number of rotatable bonds is 1. The molecule has 0 spiro atoms. The van der Waals surface area contributed by atoms with Gasteiger partial charge in [0.25, 0.3) is 0 Å². The van der Waals surface area contributed by atoms with Crippen LogP contribution in [-0.4, -0.2) is 23.1 Å². The SMILES string of the molecule is CC1N(C)C=CN1c1ccccn1. The maximum absolute atomic E-state index is 4.29. The van der Waals surface area contributed by atoms with Crippen LogP contribution in [-0.2, 0) is 0 Å². The van der Waals surface area contributed by atoms with E-state index in [0.29, 0.717) is 6.17 Å². The molecule has 0 radical (unpaired) electrons. The molecule has 1 aliphatic rings. The summed E-state index contributed by atoms with van der Waals surface area (Å²) >= 11 is 0. The highest BCUT2D eigenvalue weighted by Crippen LogP contribution is 2.20. The molecule has 0 fully saturated rings. The quantitative estimate of drug-likeness (QED) is 0.647. The molecule has 0 saturated carbocycles. The second kappa shape index (κ2) is 3.09. The molecule has 0 saturated heterocycles. The van der Waals surface area contributed by atoms with Crippen molar-refractivity contribution in [2.75, 3.05) is 11.9 Å². The maximum Gasteiger partial charge on any atom is 0.134 e. The van der Waals surface area contributed by atoms with Crippen LogP contribution in [0.5, 0.6) is 0 Å². The number of aromatic nitrogens is 1. The lowest BCUT2D eigenvalue weighted by molar-refractivity contribution is 0.382. The Balaban J connectivity index is 2.24. The van der Waals surface area contributed by atoms with Crippen LogP contribution in [0.1, 0.15) is 6.92 Å². The zero-order valence-electron chi connectivity index (χ0n) is 7.88. The lowest BCUT2D eigenvalue weighted by atomic mass is 10.4. The largest absolute Gasteiger partial charge is 0.359 e. The van der Waals surface area contributed by atoms with Crippen LogP contribution in [0.3, 0.4) is 0 Å². The molecular formula is C10H13N3. The van der Waals surface area contributed by atoms with Crippen molar-refractivity contribution in [3.8, 4) is 0 Å². The summed E-state index contributed by atoms with van der Waals surface area (Å²) in [5.74, 6) is 0.996. The Kier molecular flexibility index (Phi) is 1.93. The molecule has 13 heavy (non-hydrogen) atoms. The van der Waals surface area contributed by atoms with Crippen molar-refractivity contribution < 1.29 is 0 Å². The summed E-state index contributed by atoms with van der Waals surface area (Å²) in [5.41, 5.74) is 0. The van der Waals surface area contributed by atoms with Crippen molar-refractivity contribution in [3.05, 3.63) is 36.8 Å². The van der Waals surface area contributed by atoms with E-state index >= 15 is 0 Å². The van der Waals surface area contributed by atoms with E-state index < -0.39 is 0 Å². The molecule has 1 aliphatic heterocycles. The molecule has 1 aromatic rings. The Morgan fingerprint density at radius 1 is 1.31 bits per heavy atom. The molecule has 1 unspecified atom stereocenters. The monoisotopic (exact) mass is 175 g/mol. The van der Waals surface area contributed by atoms with Crippen LogP contribution in [0, 0.1) is 0 Å². The minimum atomic E-state index is 0.356. The fourth-order valence-corrected chi connectivity index (χ4v) is 1.40. The number of pyridine rings is 1. The zero-order valence-corrected chi connectivity index (χ0v) is 7.88. The lowest BCUT2D eigenvalue weighted by Crippen LogP contribution is -2.33. The van der Waals surface area contributed by atoms with Crippen molar-refractivity contribution in [3.63, 3.8) is 0 Å². The topological polar surface area (TPSA) is 19.4 Å². The van der Waals surface area contributed by atoms with Gasteiger partial charge in [0.05, 0.1) is 0 Å². The number of hydrogen-bond acceptors (Lipinski definition) is 3. The molecule has 0 N–H and O–H groups in total. The number of anilines is 1. The van der Waals surface area contributed by atoms with Gasteiger partial charge in [-0.05, 0) is 19.1 Å². The summed E-state index contributed by atoms with van der Waals surface area (Å²) in [4.78, 5) is 8.58. The standard InChI is InChI=1S/C10H13N3/c1-9-12(2)7-8-13(9)10-5-3-4-6-11-10/h3-9H,1-2H3. The van der Waals surface area contributed by atoms with Crippen LogP contribution in [0.2, 0.25) is 0 Å². The Labute approximate surface area is 78.3 Å². The molecule has 68 valence electrons. The molecule has 0 aromatic carbocycles. The minimum absolute atomic E-state index is 0.356. The van der Waals surface area contributed by atoms with Crippen molar-refractivity contribution in [2.45, 2.75) is 13.1 Å². The summed E-state index contributed by atoms with van der Waals surface area (Å²) < 4.78 is 0. The van der Waals surface area contributed by atoms with E-state index in [1.807, 2.05) is 30.6 Å². The van der Waals surface area contributed by atoms with Crippen LogP contribution in [0.15, 0.2) is 36.8 Å². The number of nitrogens with zero attached hydrogens (tertiary/aromatic N) is 3. The van der Waals surface area contributed by atoms with Gasteiger partial charge in [0.15, 0.2) is 0 Å². The van der Waals surface area contributed by atoms with Gasteiger partial charge in [-0.2, -0.15) is 0 Å². The van der Waals surface area contributed by atoms with E-state index in [9.17, 15) is 0 Å². The molecule has 1 atom stereocenters. The maximum atomic E-state index is 4.29. The fraction of sp³-hybridized carbons (Fsp3) is 0.300. The first-order valence-corrected chi connectivity index (χ1v) is 4.38. The molecule has 2 heterocycles. The average molecular weight is 175 g/mol. The zero-order chi connectivity index (χ0) is 9.26. The first kappa shape index (κ1) is 8.10. The third-order valence-corrected chi connectivity index (χ3v) is 2.37. The highest BCUT2D eigenvalue weighted by molar-refractivity contribution is 5.44. The van der Waals surface area contributed by atoms with Crippen LogP contribution >= 0.6 is 0 Å². The first-order valence-electron chi connectivity index (χ1n) is 4.38. The van der Waals surface area contributed by atoms with Crippen molar-refractivity contribution >= 4 is 5.82 Å². The second-order valence-electron chi connectivity index (χ2n) is 3.19. The summed E-state index contributed by atoms with van der Waals surface area (Å²) in [5, 5.41) is 0. The van der Waals surface area contributed by atoms with Gasteiger partial charge in [0, 0.05) is 25.6 Å². The smallest absolute Gasteiger partial charge is 0.134 e. The molecular weight excluding hydrogens is 162 g/mol. The average Bonchev–Trinajstić information content (AvgIpc) is 2.49.